The highest BCUT2D eigenvalue weighted by atomic mass is 35.5. The van der Waals surface area contributed by atoms with E-state index < -0.39 is 23.9 Å². The van der Waals surface area contributed by atoms with Crippen LogP contribution in [0.4, 0.5) is 0 Å². The van der Waals surface area contributed by atoms with E-state index in [1.54, 1.807) is 24.3 Å². The van der Waals surface area contributed by atoms with Crippen molar-refractivity contribution in [2.24, 2.45) is 0 Å². The molecule has 0 aliphatic heterocycles. The molecule has 1 aromatic carbocycles. The smallest absolute Gasteiger partial charge is 0.338 e. The van der Waals surface area contributed by atoms with Crippen molar-refractivity contribution in [3.63, 3.8) is 0 Å². The van der Waals surface area contributed by atoms with E-state index >= 15 is 0 Å². The lowest BCUT2D eigenvalue weighted by molar-refractivity contribution is -0.161. The Kier molecular flexibility index (Phi) is 5.52. The van der Waals surface area contributed by atoms with Gasteiger partial charge in [-0.1, -0.05) is 24.3 Å². The summed E-state index contributed by atoms with van der Waals surface area (Å²) in [6.45, 7) is 1.03. The zero-order valence-electron chi connectivity index (χ0n) is 10.7. The predicted molar refractivity (Wildman–Crippen MR) is 71.3 cm³/mol. The van der Waals surface area contributed by atoms with Gasteiger partial charge < -0.3 is 15.1 Å². The first-order valence-corrected chi connectivity index (χ1v) is 6.27. The van der Waals surface area contributed by atoms with Crippen molar-refractivity contribution >= 4 is 29.4 Å². The van der Waals surface area contributed by atoms with Crippen molar-refractivity contribution in [3.8, 4) is 0 Å². The highest BCUT2D eigenvalue weighted by Gasteiger charge is 2.34. The number of halogens is 1. The molecule has 0 bridgehead atoms. The Labute approximate surface area is 120 Å². The molecule has 0 radical (unpaired) electrons. The number of alkyl halides is 1. The second kappa shape index (κ2) is 6.91. The zero-order chi connectivity index (χ0) is 15.3. The van der Waals surface area contributed by atoms with Crippen molar-refractivity contribution in [2.75, 3.05) is 0 Å². The normalized spacial score (nSPS) is 10.3. The van der Waals surface area contributed by atoms with E-state index in [0.29, 0.717) is 11.4 Å². The third-order valence-electron chi connectivity index (χ3n) is 2.71. The van der Waals surface area contributed by atoms with Gasteiger partial charge in [0.25, 0.3) is 0 Å². The van der Waals surface area contributed by atoms with Gasteiger partial charge in [0.2, 0.25) is 11.9 Å². The molecule has 0 aliphatic rings. The first kappa shape index (κ1) is 16.0. The Morgan fingerprint density at radius 3 is 1.90 bits per heavy atom. The Morgan fingerprint density at radius 1 is 1.10 bits per heavy atom. The first-order valence-electron chi connectivity index (χ1n) is 5.73. The SMILES string of the molecule is CC(=O)N(Cc1ccc(CCl)cc1)C(C(=O)O)C(=O)O. The molecule has 0 heterocycles. The second-order valence-electron chi connectivity index (χ2n) is 4.18. The van der Waals surface area contributed by atoms with Gasteiger partial charge in [0.1, 0.15) is 0 Å². The third-order valence-corrected chi connectivity index (χ3v) is 3.02. The maximum absolute atomic E-state index is 11.5. The average Bonchev–Trinajstić information content (AvgIpc) is 2.37. The Morgan fingerprint density at radius 2 is 1.55 bits per heavy atom. The lowest BCUT2D eigenvalue weighted by atomic mass is 10.1. The number of hydrogen-bond acceptors (Lipinski definition) is 3. The molecule has 0 aromatic heterocycles. The molecule has 6 nitrogen and oxygen atoms in total. The number of rotatable bonds is 6. The molecule has 108 valence electrons. The van der Waals surface area contributed by atoms with E-state index in [1.807, 2.05) is 0 Å². The van der Waals surface area contributed by atoms with Crippen molar-refractivity contribution in [1.82, 2.24) is 4.90 Å². The molecule has 0 unspecified atom stereocenters. The molecular formula is C13H14ClNO5. The lowest BCUT2D eigenvalue weighted by Crippen LogP contribution is -2.48. The van der Waals surface area contributed by atoms with Crippen LogP contribution in [0.1, 0.15) is 18.1 Å². The molecule has 0 spiro atoms. The van der Waals surface area contributed by atoms with Gasteiger partial charge >= 0.3 is 11.9 Å². The molecule has 0 saturated heterocycles. The quantitative estimate of drug-likeness (QED) is 0.610. The molecule has 0 saturated carbocycles. The Bertz CT molecular complexity index is 500. The summed E-state index contributed by atoms with van der Waals surface area (Å²) < 4.78 is 0. The van der Waals surface area contributed by atoms with Gasteiger partial charge in [-0.15, -0.1) is 11.6 Å². The molecule has 2 N–H and O–H groups in total. The van der Waals surface area contributed by atoms with E-state index in [2.05, 4.69) is 0 Å². The number of carboxylic acid groups (broad SMARTS) is 2. The number of benzene rings is 1. The van der Waals surface area contributed by atoms with Crippen molar-refractivity contribution in [3.05, 3.63) is 35.4 Å². The van der Waals surface area contributed by atoms with E-state index in [1.165, 1.54) is 0 Å². The van der Waals surface area contributed by atoms with E-state index in [0.717, 1.165) is 17.4 Å². The van der Waals surface area contributed by atoms with Crippen LogP contribution in [0.2, 0.25) is 0 Å². The van der Waals surface area contributed by atoms with Crippen molar-refractivity contribution in [1.29, 1.82) is 0 Å². The number of hydrogen-bond donors (Lipinski definition) is 2. The van der Waals surface area contributed by atoms with Crippen LogP contribution < -0.4 is 0 Å². The summed E-state index contributed by atoms with van der Waals surface area (Å²) in [5.41, 5.74) is 1.50. The number of amides is 1. The Balaban J connectivity index is 2.99. The molecule has 20 heavy (non-hydrogen) atoms. The molecule has 1 amide bonds. The molecule has 1 rings (SSSR count). The number of nitrogens with zero attached hydrogens (tertiary/aromatic N) is 1. The topological polar surface area (TPSA) is 94.9 Å². The monoisotopic (exact) mass is 299 g/mol. The molecular weight excluding hydrogens is 286 g/mol. The fraction of sp³-hybridized carbons (Fsp3) is 0.308. The predicted octanol–water partition coefficient (Wildman–Crippen LogP) is 1.31. The van der Waals surface area contributed by atoms with Crippen LogP contribution >= 0.6 is 11.6 Å². The molecule has 0 fully saturated rings. The minimum Gasteiger partial charge on any atom is -0.479 e. The van der Waals surface area contributed by atoms with E-state index in [4.69, 9.17) is 21.8 Å². The fourth-order valence-corrected chi connectivity index (χ4v) is 1.87. The van der Waals surface area contributed by atoms with Crippen LogP contribution in [0.25, 0.3) is 0 Å². The summed E-state index contributed by atoms with van der Waals surface area (Å²) in [6.07, 6.45) is 0. The maximum Gasteiger partial charge on any atom is 0.338 e. The van der Waals surface area contributed by atoms with Gasteiger partial charge in [-0.25, -0.2) is 9.59 Å². The fourth-order valence-electron chi connectivity index (χ4n) is 1.69. The summed E-state index contributed by atoms with van der Waals surface area (Å²) in [5, 5.41) is 17.9. The van der Waals surface area contributed by atoms with Gasteiger partial charge in [0, 0.05) is 19.3 Å². The largest absolute Gasteiger partial charge is 0.479 e. The van der Waals surface area contributed by atoms with Crippen LogP contribution in [-0.4, -0.2) is 39.0 Å². The van der Waals surface area contributed by atoms with Crippen LogP contribution in [0, 0.1) is 0 Å². The van der Waals surface area contributed by atoms with E-state index in [-0.39, 0.29) is 6.54 Å². The Hall–Kier alpha value is -2.08. The summed E-state index contributed by atoms with van der Waals surface area (Å²) in [4.78, 5) is 34.3. The van der Waals surface area contributed by atoms with Crippen LogP contribution in [-0.2, 0) is 26.8 Å². The second-order valence-corrected chi connectivity index (χ2v) is 4.44. The van der Waals surface area contributed by atoms with Gasteiger partial charge in [-0.05, 0) is 11.1 Å². The highest BCUT2D eigenvalue weighted by molar-refractivity contribution is 6.17. The van der Waals surface area contributed by atoms with Crippen LogP contribution in [0.15, 0.2) is 24.3 Å². The molecule has 0 atom stereocenters. The number of aliphatic carboxylic acids is 2. The van der Waals surface area contributed by atoms with Gasteiger partial charge in [0.15, 0.2) is 0 Å². The van der Waals surface area contributed by atoms with Crippen LogP contribution in [0.3, 0.4) is 0 Å². The maximum atomic E-state index is 11.5. The molecule has 1 aromatic rings. The van der Waals surface area contributed by atoms with Crippen molar-refractivity contribution < 1.29 is 24.6 Å². The number of carbonyl (C=O) groups is 3. The molecule has 7 heteroatoms. The minimum atomic E-state index is -1.90. The summed E-state index contributed by atoms with van der Waals surface area (Å²) in [6, 6.07) is 4.91. The zero-order valence-corrected chi connectivity index (χ0v) is 11.5. The van der Waals surface area contributed by atoms with Gasteiger partial charge in [0.05, 0.1) is 0 Å². The van der Waals surface area contributed by atoms with E-state index in [9.17, 15) is 14.4 Å². The van der Waals surface area contributed by atoms with Crippen molar-refractivity contribution in [2.45, 2.75) is 25.4 Å². The standard InChI is InChI=1S/C13H14ClNO5/c1-8(16)15(11(12(17)18)13(19)20)7-10-4-2-9(6-14)3-5-10/h2-5,11H,6-7H2,1H3,(H,17,18)(H,19,20). The number of carboxylic acids is 2. The summed E-state index contributed by atoms with van der Waals surface area (Å²) >= 11 is 5.65. The molecule has 0 aliphatic carbocycles. The van der Waals surface area contributed by atoms with Gasteiger partial charge in [-0.2, -0.15) is 0 Å². The first-order chi connectivity index (χ1) is 9.36. The van der Waals surface area contributed by atoms with Crippen LogP contribution in [0.5, 0.6) is 0 Å². The lowest BCUT2D eigenvalue weighted by Gasteiger charge is -2.25. The third kappa shape index (κ3) is 3.96. The summed E-state index contributed by atoms with van der Waals surface area (Å²) in [5.74, 6) is -3.44. The average molecular weight is 300 g/mol. The summed E-state index contributed by atoms with van der Waals surface area (Å²) in [7, 11) is 0. The minimum absolute atomic E-state index is 0.0961. The van der Waals surface area contributed by atoms with Gasteiger partial charge in [-0.3, -0.25) is 4.79 Å². The number of carbonyl (C=O) groups excluding carboxylic acids is 1. The highest BCUT2D eigenvalue weighted by Crippen LogP contribution is 2.12.